The smallest absolute Gasteiger partial charge is 0.267 e. The minimum Gasteiger partial charge on any atom is -0.367 e. The molecule has 34 heavy (non-hydrogen) atoms. The number of nitrogens with zero attached hydrogens (tertiary/aromatic N) is 2. The van der Waals surface area contributed by atoms with Gasteiger partial charge in [0.15, 0.2) is 5.82 Å². The Hall–Kier alpha value is -3.01. The number of carbonyl (C=O) groups is 1. The van der Waals surface area contributed by atoms with Gasteiger partial charge in [0.2, 0.25) is 0 Å². The molecule has 0 spiro atoms. The summed E-state index contributed by atoms with van der Waals surface area (Å²) in [6, 6.07) is 11.1. The van der Waals surface area contributed by atoms with Crippen molar-refractivity contribution in [3.8, 4) is 11.4 Å². The summed E-state index contributed by atoms with van der Waals surface area (Å²) in [4.78, 5) is 26.5. The van der Waals surface area contributed by atoms with E-state index in [0.29, 0.717) is 29.5 Å². The van der Waals surface area contributed by atoms with Crippen LogP contribution in [0.3, 0.4) is 0 Å². The van der Waals surface area contributed by atoms with Crippen molar-refractivity contribution in [3.63, 3.8) is 0 Å². The Morgan fingerprint density at radius 1 is 1.18 bits per heavy atom. The SMILES string of the molecule is CC(C)NC(=O)c1cc2ccc(-c3nc(NC4CCC5NNCC5C4)c4ccsc4n3)cc2[nH]1. The van der Waals surface area contributed by atoms with Crippen LogP contribution in [0.5, 0.6) is 0 Å². The number of carbonyl (C=O) groups excluding carboxylic acids is 1. The number of aromatic nitrogens is 3. The van der Waals surface area contributed by atoms with Crippen LogP contribution in [0, 0.1) is 5.92 Å². The van der Waals surface area contributed by atoms with Crippen LogP contribution in [0.15, 0.2) is 35.7 Å². The quantitative estimate of drug-likeness (QED) is 0.298. The van der Waals surface area contributed by atoms with E-state index in [9.17, 15) is 4.79 Å². The van der Waals surface area contributed by atoms with Crippen molar-refractivity contribution in [2.45, 2.75) is 51.2 Å². The molecular weight excluding hydrogens is 446 g/mol. The Kier molecular flexibility index (Phi) is 5.47. The van der Waals surface area contributed by atoms with Gasteiger partial charge in [0.05, 0.1) is 5.39 Å². The maximum absolute atomic E-state index is 12.4. The predicted octanol–water partition coefficient (Wildman–Crippen LogP) is 4.03. The van der Waals surface area contributed by atoms with Gasteiger partial charge in [-0.05, 0) is 62.6 Å². The first-order valence-corrected chi connectivity index (χ1v) is 12.9. The van der Waals surface area contributed by atoms with E-state index in [2.05, 4.69) is 37.9 Å². The molecule has 1 amide bonds. The summed E-state index contributed by atoms with van der Waals surface area (Å²) in [5.41, 5.74) is 9.09. The third-order valence-corrected chi connectivity index (χ3v) is 7.65. The van der Waals surface area contributed by atoms with Crippen molar-refractivity contribution in [2.24, 2.45) is 5.92 Å². The van der Waals surface area contributed by atoms with Crippen molar-refractivity contribution >= 4 is 44.2 Å². The van der Waals surface area contributed by atoms with Gasteiger partial charge in [0, 0.05) is 41.1 Å². The highest BCUT2D eigenvalue weighted by atomic mass is 32.1. The van der Waals surface area contributed by atoms with E-state index in [-0.39, 0.29) is 11.9 Å². The Morgan fingerprint density at radius 2 is 2.09 bits per heavy atom. The fourth-order valence-electron chi connectivity index (χ4n) is 5.15. The lowest BCUT2D eigenvalue weighted by atomic mass is 9.83. The highest BCUT2D eigenvalue weighted by Crippen LogP contribution is 2.33. The zero-order chi connectivity index (χ0) is 23.2. The van der Waals surface area contributed by atoms with Gasteiger partial charge in [-0.2, -0.15) is 0 Å². The maximum Gasteiger partial charge on any atom is 0.267 e. The molecule has 3 unspecified atom stereocenters. The number of benzene rings is 1. The lowest BCUT2D eigenvalue weighted by Gasteiger charge is -2.31. The summed E-state index contributed by atoms with van der Waals surface area (Å²) in [5, 5.41) is 10.8. The number of H-pyrrole nitrogens is 1. The topological polar surface area (TPSA) is 107 Å². The largest absolute Gasteiger partial charge is 0.367 e. The Balaban J connectivity index is 1.31. The van der Waals surface area contributed by atoms with Crippen LogP contribution in [0.25, 0.3) is 32.5 Å². The second kappa shape index (κ2) is 8.65. The third-order valence-electron chi connectivity index (χ3n) is 6.85. The van der Waals surface area contributed by atoms with Crippen molar-refractivity contribution < 1.29 is 4.79 Å². The molecule has 0 bridgehead atoms. The number of hydrogen-bond acceptors (Lipinski definition) is 7. The molecule has 1 aliphatic heterocycles. The maximum atomic E-state index is 12.4. The van der Waals surface area contributed by atoms with Gasteiger partial charge < -0.3 is 15.6 Å². The number of aromatic amines is 1. The van der Waals surface area contributed by atoms with E-state index in [1.807, 2.05) is 38.1 Å². The molecule has 176 valence electrons. The number of nitrogens with one attached hydrogen (secondary N) is 5. The molecule has 6 rings (SSSR count). The number of fused-ring (bicyclic) bond motifs is 3. The van der Waals surface area contributed by atoms with Crippen LogP contribution >= 0.6 is 11.3 Å². The number of rotatable bonds is 5. The first kappa shape index (κ1) is 21.5. The van der Waals surface area contributed by atoms with Gasteiger partial charge in [-0.15, -0.1) is 11.3 Å². The minimum absolute atomic E-state index is 0.0857. The summed E-state index contributed by atoms with van der Waals surface area (Å²) in [6.07, 6.45) is 3.41. The van der Waals surface area contributed by atoms with Gasteiger partial charge >= 0.3 is 0 Å². The minimum atomic E-state index is -0.0992. The van der Waals surface area contributed by atoms with Crippen LogP contribution in [0.1, 0.15) is 43.6 Å². The van der Waals surface area contributed by atoms with Crippen LogP contribution in [-0.4, -0.2) is 45.5 Å². The van der Waals surface area contributed by atoms with E-state index in [4.69, 9.17) is 9.97 Å². The first-order chi connectivity index (χ1) is 16.5. The second-order valence-corrected chi connectivity index (χ2v) is 10.6. The molecule has 2 aliphatic rings. The molecule has 2 fully saturated rings. The van der Waals surface area contributed by atoms with Crippen molar-refractivity contribution in [3.05, 3.63) is 41.4 Å². The van der Waals surface area contributed by atoms with Crippen LogP contribution in [-0.2, 0) is 0 Å². The number of hydrogen-bond donors (Lipinski definition) is 5. The first-order valence-electron chi connectivity index (χ1n) is 12.0. The van der Waals surface area contributed by atoms with Crippen molar-refractivity contribution in [1.29, 1.82) is 0 Å². The Morgan fingerprint density at radius 3 is 2.97 bits per heavy atom. The van der Waals surface area contributed by atoms with Gasteiger partial charge in [0.25, 0.3) is 5.91 Å². The van der Waals surface area contributed by atoms with Gasteiger partial charge in [0.1, 0.15) is 16.3 Å². The standard InChI is InChI=1S/C25H29N7OS/c1-13(2)27-24(33)21-10-14-3-4-15(11-20(14)29-21)22-30-23(18-7-8-34-25(18)31-22)28-17-5-6-19-16(9-17)12-26-32-19/h3-4,7-8,10-11,13,16-17,19,26,29,32H,5-6,9,12H2,1-2H3,(H,27,33)(H,28,30,31). The van der Waals surface area contributed by atoms with Crippen molar-refractivity contribution in [1.82, 2.24) is 31.1 Å². The van der Waals surface area contributed by atoms with Crippen LogP contribution in [0.2, 0.25) is 0 Å². The molecule has 9 heteroatoms. The van der Waals surface area contributed by atoms with E-state index in [0.717, 1.165) is 58.3 Å². The lowest BCUT2D eigenvalue weighted by molar-refractivity contribution is 0.0939. The average molecular weight is 476 g/mol. The summed E-state index contributed by atoms with van der Waals surface area (Å²) >= 11 is 1.63. The number of hydrazine groups is 1. The Bertz CT molecular complexity index is 1360. The fraction of sp³-hybridized carbons (Fsp3) is 0.400. The summed E-state index contributed by atoms with van der Waals surface area (Å²) in [6.45, 7) is 4.93. The van der Waals surface area contributed by atoms with Crippen LogP contribution in [0.4, 0.5) is 5.82 Å². The molecule has 1 aliphatic carbocycles. The van der Waals surface area contributed by atoms with E-state index in [1.54, 1.807) is 11.3 Å². The molecular formula is C25H29N7OS. The molecule has 1 saturated heterocycles. The van der Waals surface area contributed by atoms with Gasteiger partial charge in [-0.3, -0.25) is 15.6 Å². The van der Waals surface area contributed by atoms with Crippen molar-refractivity contribution in [2.75, 3.05) is 11.9 Å². The van der Waals surface area contributed by atoms with E-state index < -0.39 is 0 Å². The van der Waals surface area contributed by atoms with Crippen LogP contribution < -0.4 is 21.5 Å². The molecule has 1 saturated carbocycles. The molecule has 4 aromatic rings. The second-order valence-electron chi connectivity index (χ2n) is 9.69. The van der Waals surface area contributed by atoms with Gasteiger partial charge in [-0.25, -0.2) is 9.97 Å². The summed E-state index contributed by atoms with van der Waals surface area (Å²) < 4.78 is 0. The molecule has 4 heterocycles. The number of thiophene rings is 1. The van der Waals surface area contributed by atoms with Gasteiger partial charge in [-0.1, -0.05) is 12.1 Å². The molecule has 3 aromatic heterocycles. The number of anilines is 1. The normalized spacial score (nSPS) is 22.4. The van der Waals surface area contributed by atoms with E-state index in [1.165, 1.54) is 0 Å². The third kappa shape index (κ3) is 4.04. The van der Waals surface area contributed by atoms with E-state index >= 15 is 0 Å². The monoisotopic (exact) mass is 475 g/mol. The number of amides is 1. The molecule has 0 radical (unpaired) electrons. The molecule has 3 atom stereocenters. The summed E-state index contributed by atoms with van der Waals surface area (Å²) in [5.74, 6) is 2.16. The highest BCUT2D eigenvalue weighted by Gasteiger charge is 2.34. The fourth-order valence-corrected chi connectivity index (χ4v) is 5.91. The predicted molar refractivity (Wildman–Crippen MR) is 137 cm³/mol. The zero-order valence-electron chi connectivity index (χ0n) is 19.3. The molecule has 5 N–H and O–H groups in total. The lowest BCUT2D eigenvalue weighted by Crippen LogP contribution is -2.39. The molecule has 8 nitrogen and oxygen atoms in total. The summed E-state index contributed by atoms with van der Waals surface area (Å²) in [7, 11) is 0. The Labute approximate surface area is 201 Å². The highest BCUT2D eigenvalue weighted by molar-refractivity contribution is 7.16. The average Bonchev–Trinajstić information content (AvgIpc) is 3.56. The molecule has 1 aromatic carbocycles. The zero-order valence-corrected chi connectivity index (χ0v) is 20.1.